The molecular formula is C17H29ClN2S. The Morgan fingerprint density at radius 2 is 2.19 bits per heavy atom. The van der Waals surface area contributed by atoms with Gasteiger partial charge in [0.15, 0.2) is 0 Å². The number of halogens is 1. The molecule has 2 nitrogen and oxygen atoms in total. The van der Waals surface area contributed by atoms with E-state index in [2.05, 4.69) is 44.1 Å². The van der Waals surface area contributed by atoms with Crippen molar-refractivity contribution in [2.24, 2.45) is 11.3 Å². The van der Waals surface area contributed by atoms with Crippen LogP contribution in [-0.2, 0) is 6.54 Å². The molecule has 2 atom stereocenters. The predicted octanol–water partition coefficient (Wildman–Crippen LogP) is 4.64. The molecule has 0 bridgehead atoms. The van der Waals surface area contributed by atoms with Gasteiger partial charge >= 0.3 is 0 Å². The van der Waals surface area contributed by atoms with Gasteiger partial charge in [-0.2, -0.15) is 0 Å². The maximum absolute atomic E-state index is 6.03. The minimum atomic E-state index is 0.490. The second-order valence-corrected chi connectivity index (χ2v) is 9.03. The molecule has 0 amide bonds. The Labute approximate surface area is 138 Å². The third-order valence-corrected chi connectivity index (χ3v) is 5.80. The largest absolute Gasteiger partial charge is 0.314 e. The molecule has 1 fully saturated rings. The topological polar surface area (TPSA) is 15.3 Å². The van der Waals surface area contributed by atoms with E-state index in [1.165, 1.54) is 24.1 Å². The predicted molar refractivity (Wildman–Crippen MR) is 94.2 cm³/mol. The molecule has 1 aromatic rings. The third-order valence-electron chi connectivity index (χ3n) is 4.58. The van der Waals surface area contributed by atoms with E-state index < -0.39 is 0 Å². The monoisotopic (exact) mass is 328 g/mol. The lowest BCUT2D eigenvalue weighted by Gasteiger charge is -2.42. The Hall–Kier alpha value is -0.0900. The van der Waals surface area contributed by atoms with Gasteiger partial charge in [-0.25, -0.2) is 0 Å². The van der Waals surface area contributed by atoms with E-state index in [0.717, 1.165) is 29.9 Å². The zero-order valence-corrected chi connectivity index (χ0v) is 15.4. The lowest BCUT2D eigenvalue weighted by Crippen LogP contribution is -2.46. The second-order valence-electron chi connectivity index (χ2n) is 7.23. The first-order chi connectivity index (χ1) is 9.89. The maximum atomic E-state index is 6.03. The molecule has 0 aliphatic heterocycles. The van der Waals surface area contributed by atoms with Gasteiger partial charge in [0, 0.05) is 24.0 Å². The number of nitrogens with one attached hydrogen (secondary N) is 1. The summed E-state index contributed by atoms with van der Waals surface area (Å²) in [5.41, 5.74) is 0.490. The highest BCUT2D eigenvalue weighted by Gasteiger charge is 2.34. The number of hydrogen-bond donors (Lipinski definition) is 1. The van der Waals surface area contributed by atoms with Crippen LogP contribution in [0.15, 0.2) is 12.1 Å². The van der Waals surface area contributed by atoms with Gasteiger partial charge in [-0.05, 0) is 56.3 Å². The summed E-state index contributed by atoms with van der Waals surface area (Å²) < 4.78 is 0.891. The fraction of sp³-hybridized carbons (Fsp3) is 0.765. The Morgan fingerprint density at radius 3 is 2.81 bits per heavy atom. The average molecular weight is 329 g/mol. The molecule has 2 unspecified atom stereocenters. The van der Waals surface area contributed by atoms with Gasteiger partial charge in [0.1, 0.15) is 0 Å². The molecule has 120 valence electrons. The molecule has 1 saturated carbocycles. The van der Waals surface area contributed by atoms with E-state index in [9.17, 15) is 0 Å². The van der Waals surface area contributed by atoms with E-state index in [-0.39, 0.29) is 0 Å². The van der Waals surface area contributed by atoms with Crippen molar-refractivity contribution >= 4 is 22.9 Å². The van der Waals surface area contributed by atoms with Crippen molar-refractivity contribution in [2.75, 3.05) is 20.1 Å². The summed E-state index contributed by atoms with van der Waals surface area (Å²) in [5.74, 6) is 0.745. The van der Waals surface area contributed by atoms with Crippen molar-refractivity contribution in [3.63, 3.8) is 0 Å². The van der Waals surface area contributed by atoms with E-state index >= 15 is 0 Å². The molecule has 2 rings (SSSR count). The van der Waals surface area contributed by atoms with Crippen LogP contribution in [0, 0.1) is 11.3 Å². The summed E-state index contributed by atoms with van der Waals surface area (Å²) >= 11 is 7.72. The summed E-state index contributed by atoms with van der Waals surface area (Å²) in [4.78, 5) is 3.82. The van der Waals surface area contributed by atoms with Gasteiger partial charge in [-0.3, -0.25) is 0 Å². The van der Waals surface area contributed by atoms with Gasteiger partial charge in [0.25, 0.3) is 0 Å². The molecule has 1 aliphatic rings. The van der Waals surface area contributed by atoms with Gasteiger partial charge in [-0.1, -0.05) is 32.4 Å². The van der Waals surface area contributed by atoms with Gasteiger partial charge in [0.05, 0.1) is 4.34 Å². The van der Waals surface area contributed by atoms with E-state index in [1.54, 1.807) is 11.3 Å². The van der Waals surface area contributed by atoms with Crippen LogP contribution in [-0.4, -0.2) is 31.1 Å². The zero-order chi connectivity index (χ0) is 15.5. The minimum absolute atomic E-state index is 0.490. The van der Waals surface area contributed by atoms with E-state index in [4.69, 9.17) is 11.6 Å². The van der Waals surface area contributed by atoms with Gasteiger partial charge in [0.2, 0.25) is 0 Å². The van der Waals surface area contributed by atoms with Gasteiger partial charge < -0.3 is 10.2 Å². The van der Waals surface area contributed by atoms with Crippen LogP contribution in [0.1, 0.15) is 44.9 Å². The van der Waals surface area contributed by atoms with Crippen LogP contribution in [0.5, 0.6) is 0 Å². The normalized spacial score (nSPS) is 25.4. The first kappa shape index (κ1) is 17.3. The van der Waals surface area contributed by atoms with Crippen molar-refractivity contribution in [3.8, 4) is 0 Å². The third kappa shape index (κ3) is 5.24. The summed E-state index contributed by atoms with van der Waals surface area (Å²) in [7, 11) is 2.23. The molecule has 1 N–H and O–H groups in total. The number of rotatable bonds is 6. The van der Waals surface area contributed by atoms with E-state index in [0.29, 0.717) is 11.5 Å². The Balaban J connectivity index is 1.93. The quantitative estimate of drug-likeness (QED) is 0.818. The van der Waals surface area contributed by atoms with E-state index in [1.807, 2.05) is 6.07 Å². The highest BCUT2D eigenvalue weighted by Crippen LogP contribution is 2.39. The van der Waals surface area contributed by atoms with Crippen LogP contribution in [0.3, 0.4) is 0 Å². The van der Waals surface area contributed by atoms with Crippen LogP contribution < -0.4 is 5.32 Å². The first-order valence-corrected chi connectivity index (χ1v) is 9.25. The molecule has 1 heterocycles. The fourth-order valence-electron chi connectivity index (χ4n) is 3.63. The standard InChI is InChI=1S/C17H29ClN2S/c1-5-19-15-8-9-17(2,3)10-13(15)11-20(4)12-14-6-7-16(18)21-14/h6-7,13,15,19H,5,8-12H2,1-4H3. The average Bonchev–Trinajstić information content (AvgIpc) is 2.77. The molecule has 0 spiro atoms. The first-order valence-electron chi connectivity index (χ1n) is 8.06. The fourth-order valence-corrected chi connectivity index (χ4v) is 4.79. The summed E-state index contributed by atoms with van der Waals surface area (Å²) in [6, 6.07) is 4.83. The Kier molecular flexibility index (Phi) is 6.13. The molecule has 1 aromatic heterocycles. The van der Waals surface area contributed by atoms with Gasteiger partial charge in [-0.15, -0.1) is 11.3 Å². The smallest absolute Gasteiger partial charge is 0.0931 e. The zero-order valence-electron chi connectivity index (χ0n) is 13.8. The molecule has 0 radical (unpaired) electrons. The minimum Gasteiger partial charge on any atom is -0.314 e. The highest BCUT2D eigenvalue weighted by molar-refractivity contribution is 7.16. The molecule has 1 aliphatic carbocycles. The summed E-state index contributed by atoms with van der Waals surface area (Å²) in [5, 5.41) is 3.70. The van der Waals surface area contributed by atoms with Crippen molar-refractivity contribution in [3.05, 3.63) is 21.3 Å². The lowest BCUT2D eigenvalue weighted by atomic mass is 9.69. The maximum Gasteiger partial charge on any atom is 0.0931 e. The van der Waals surface area contributed by atoms with Crippen LogP contribution in [0.25, 0.3) is 0 Å². The molecule has 0 aromatic carbocycles. The van der Waals surface area contributed by atoms with Crippen LogP contribution in [0.2, 0.25) is 4.34 Å². The second kappa shape index (κ2) is 7.45. The molecule has 21 heavy (non-hydrogen) atoms. The van der Waals surface area contributed by atoms with Crippen LogP contribution >= 0.6 is 22.9 Å². The molecule has 4 heteroatoms. The Bertz CT molecular complexity index is 444. The Morgan fingerprint density at radius 1 is 1.43 bits per heavy atom. The highest BCUT2D eigenvalue weighted by atomic mass is 35.5. The number of nitrogens with zero attached hydrogens (tertiary/aromatic N) is 1. The van der Waals surface area contributed by atoms with Crippen LogP contribution in [0.4, 0.5) is 0 Å². The van der Waals surface area contributed by atoms with Crippen molar-refractivity contribution in [1.82, 2.24) is 10.2 Å². The van der Waals surface area contributed by atoms with Crippen molar-refractivity contribution < 1.29 is 0 Å². The SMILES string of the molecule is CCNC1CCC(C)(C)CC1CN(C)Cc1ccc(Cl)s1. The number of hydrogen-bond acceptors (Lipinski definition) is 3. The summed E-state index contributed by atoms with van der Waals surface area (Å²) in [6.45, 7) is 10.3. The van der Waals surface area contributed by atoms with Crippen molar-refractivity contribution in [1.29, 1.82) is 0 Å². The summed E-state index contributed by atoms with van der Waals surface area (Å²) in [6.07, 6.45) is 3.97. The lowest BCUT2D eigenvalue weighted by molar-refractivity contribution is 0.108. The molecular weight excluding hydrogens is 300 g/mol. The molecule has 0 saturated heterocycles. The van der Waals surface area contributed by atoms with Crippen molar-refractivity contribution in [2.45, 2.75) is 52.6 Å². The number of thiophene rings is 1.